The maximum Gasteiger partial charge on any atom is 0.328 e. The number of hydrogen-bond donors (Lipinski definition) is 5. The predicted molar refractivity (Wildman–Crippen MR) is 102 cm³/mol. The molecule has 1 atom stereocenters. The average molecular weight is 410 g/mol. The van der Waals surface area contributed by atoms with Gasteiger partial charge in [-0.05, 0) is 32.1 Å². The smallest absolute Gasteiger partial charge is 0.328 e. The van der Waals surface area contributed by atoms with Crippen LogP contribution >= 0.6 is 7.60 Å². The van der Waals surface area contributed by atoms with Crippen molar-refractivity contribution in [2.75, 3.05) is 32.5 Å². The number of rotatable bonds is 17. The first kappa shape index (κ1) is 26.0. The molecule has 0 aromatic rings. The second-order valence-corrected chi connectivity index (χ2v) is 8.34. The Morgan fingerprint density at radius 2 is 1.41 bits per heavy atom. The molecule has 0 radical (unpaired) electrons. The number of nitrogens with one attached hydrogen (secondary N) is 2. The number of carbonyl (C=O) groups is 2. The minimum Gasteiger partial charge on any atom is -0.396 e. The van der Waals surface area contributed by atoms with Gasteiger partial charge in [-0.1, -0.05) is 13.3 Å². The quantitative estimate of drug-likeness (QED) is 0.177. The Morgan fingerprint density at radius 3 is 1.81 bits per heavy atom. The minimum atomic E-state index is -3.81. The fourth-order valence-electron chi connectivity index (χ4n) is 2.22. The maximum atomic E-state index is 12.1. The van der Waals surface area contributed by atoms with Gasteiger partial charge >= 0.3 is 7.60 Å². The Bertz CT molecular complexity index is 437. The molecule has 5 N–H and O–H groups in total. The third-order valence-electron chi connectivity index (χ3n) is 3.79. The van der Waals surface area contributed by atoms with Crippen molar-refractivity contribution in [1.82, 2.24) is 10.6 Å². The lowest BCUT2D eigenvalue weighted by molar-refractivity contribution is -0.121. The fraction of sp³-hybridized carbons (Fsp3) is 0.882. The fourth-order valence-corrected chi connectivity index (χ4v) is 3.65. The first-order valence-corrected chi connectivity index (χ1v) is 11.4. The molecule has 0 saturated carbocycles. The summed E-state index contributed by atoms with van der Waals surface area (Å²) in [6.45, 7) is 1.95. The average Bonchev–Trinajstić information content (AvgIpc) is 2.62. The van der Waals surface area contributed by atoms with Crippen LogP contribution in [0.15, 0.2) is 0 Å². The van der Waals surface area contributed by atoms with E-state index in [1.165, 1.54) is 0 Å². The summed E-state index contributed by atoms with van der Waals surface area (Å²) in [7, 11) is -3.81. The van der Waals surface area contributed by atoms with E-state index in [1.807, 2.05) is 6.92 Å². The summed E-state index contributed by atoms with van der Waals surface area (Å²) >= 11 is 0. The van der Waals surface area contributed by atoms with Crippen molar-refractivity contribution in [1.29, 1.82) is 0 Å². The molecule has 0 fully saturated rings. The van der Waals surface area contributed by atoms with Gasteiger partial charge in [0, 0.05) is 45.3 Å². The van der Waals surface area contributed by atoms with Crippen LogP contribution in [0, 0.1) is 0 Å². The zero-order valence-electron chi connectivity index (χ0n) is 16.2. The number of aliphatic hydroxyl groups excluding tert-OH is 2. The standard InChI is InChI=1S/C17H35N2O7P/c1-2-3-12-27(24,25)26-15(13-18-16(22)8-4-6-10-20)14-19-17(23)9-5-7-11-21/h15,20-21H,2-14H2,1H3,(H,18,22)(H,19,23)(H,24,25). The molecule has 0 rings (SSSR count). The predicted octanol–water partition coefficient (Wildman–Crippen LogP) is 0.915. The third kappa shape index (κ3) is 15.7. The minimum absolute atomic E-state index is 0.00551. The first-order chi connectivity index (χ1) is 12.8. The summed E-state index contributed by atoms with van der Waals surface area (Å²) in [5.74, 6) is -0.486. The molecule has 10 heteroatoms. The molecule has 0 bridgehead atoms. The van der Waals surface area contributed by atoms with Gasteiger partial charge in [-0.15, -0.1) is 0 Å². The molecule has 2 amide bonds. The van der Waals surface area contributed by atoms with Gasteiger partial charge in [0.05, 0.1) is 0 Å². The lowest BCUT2D eigenvalue weighted by Crippen LogP contribution is -2.41. The Hall–Kier alpha value is -0.990. The van der Waals surface area contributed by atoms with Crippen molar-refractivity contribution in [3.63, 3.8) is 0 Å². The maximum absolute atomic E-state index is 12.1. The molecule has 0 saturated heterocycles. The highest BCUT2D eigenvalue weighted by molar-refractivity contribution is 7.52. The van der Waals surface area contributed by atoms with Crippen LogP contribution in [0.4, 0.5) is 0 Å². The summed E-state index contributed by atoms with van der Waals surface area (Å²) < 4.78 is 17.4. The highest BCUT2D eigenvalue weighted by Crippen LogP contribution is 2.43. The number of aliphatic hydroxyl groups is 2. The molecule has 160 valence electrons. The third-order valence-corrected chi connectivity index (χ3v) is 5.29. The van der Waals surface area contributed by atoms with Crippen LogP contribution in [-0.2, 0) is 18.7 Å². The van der Waals surface area contributed by atoms with E-state index in [0.29, 0.717) is 32.1 Å². The number of amides is 2. The molecule has 0 aliphatic carbocycles. The first-order valence-electron chi connectivity index (χ1n) is 9.60. The normalized spacial score (nSPS) is 13.4. The van der Waals surface area contributed by atoms with E-state index in [0.717, 1.165) is 6.42 Å². The van der Waals surface area contributed by atoms with Crippen molar-refractivity contribution >= 4 is 19.4 Å². The molecular formula is C17H35N2O7P. The van der Waals surface area contributed by atoms with Crippen LogP contribution in [0.2, 0.25) is 0 Å². The van der Waals surface area contributed by atoms with E-state index >= 15 is 0 Å². The number of hydrogen-bond acceptors (Lipinski definition) is 6. The molecule has 0 aliphatic heterocycles. The SMILES string of the molecule is CCCCP(=O)(O)OC(CNC(=O)CCCCO)CNC(=O)CCCCO. The van der Waals surface area contributed by atoms with Crippen molar-refractivity contribution < 1.29 is 33.8 Å². The van der Waals surface area contributed by atoms with Crippen LogP contribution in [0.25, 0.3) is 0 Å². The van der Waals surface area contributed by atoms with Gasteiger partial charge in [0.2, 0.25) is 11.8 Å². The van der Waals surface area contributed by atoms with Crippen molar-refractivity contribution in [3.05, 3.63) is 0 Å². The lowest BCUT2D eigenvalue weighted by Gasteiger charge is -2.22. The van der Waals surface area contributed by atoms with Crippen LogP contribution < -0.4 is 10.6 Å². The number of carbonyl (C=O) groups excluding carboxylic acids is 2. The van der Waals surface area contributed by atoms with Gasteiger partial charge in [0.15, 0.2) is 0 Å². The highest BCUT2D eigenvalue weighted by atomic mass is 31.2. The van der Waals surface area contributed by atoms with Crippen LogP contribution in [-0.4, -0.2) is 65.5 Å². The van der Waals surface area contributed by atoms with Gasteiger partial charge in [-0.2, -0.15) is 0 Å². The van der Waals surface area contributed by atoms with Crippen LogP contribution in [0.5, 0.6) is 0 Å². The van der Waals surface area contributed by atoms with E-state index in [-0.39, 0.29) is 57.1 Å². The second-order valence-electron chi connectivity index (χ2n) is 6.41. The van der Waals surface area contributed by atoms with Gasteiger partial charge in [0.25, 0.3) is 0 Å². The summed E-state index contributed by atoms with van der Waals surface area (Å²) in [6, 6.07) is 0. The molecule has 0 aliphatic rings. The highest BCUT2D eigenvalue weighted by Gasteiger charge is 2.25. The van der Waals surface area contributed by atoms with Crippen LogP contribution in [0.3, 0.4) is 0 Å². The zero-order valence-corrected chi connectivity index (χ0v) is 17.1. The Kier molecular flexibility index (Phi) is 15.4. The Balaban J connectivity index is 4.53. The summed E-state index contributed by atoms with van der Waals surface area (Å²) in [5, 5.41) is 22.7. The largest absolute Gasteiger partial charge is 0.396 e. The van der Waals surface area contributed by atoms with E-state index in [9.17, 15) is 19.0 Å². The topological polar surface area (TPSA) is 145 Å². The molecule has 0 spiro atoms. The molecule has 0 aromatic heterocycles. The van der Waals surface area contributed by atoms with Gasteiger partial charge in [0.1, 0.15) is 6.10 Å². The Morgan fingerprint density at radius 1 is 0.926 bits per heavy atom. The summed E-state index contributed by atoms with van der Waals surface area (Å²) in [5.41, 5.74) is 0. The molecular weight excluding hydrogens is 375 g/mol. The van der Waals surface area contributed by atoms with Crippen molar-refractivity contribution in [2.24, 2.45) is 0 Å². The summed E-state index contributed by atoms with van der Waals surface area (Å²) in [4.78, 5) is 33.5. The lowest BCUT2D eigenvalue weighted by atomic mass is 10.2. The van der Waals surface area contributed by atoms with Crippen LogP contribution in [0.1, 0.15) is 58.3 Å². The molecule has 9 nitrogen and oxygen atoms in total. The zero-order chi connectivity index (χ0) is 20.5. The van der Waals surface area contributed by atoms with Crippen molar-refractivity contribution in [3.8, 4) is 0 Å². The molecule has 0 heterocycles. The molecule has 0 aromatic carbocycles. The second kappa shape index (κ2) is 16.0. The molecule has 1 unspecified atom stereocenters. The van der Waals surface area contributed by atoms with Gasteiger partial charge < -0.3 is 30.3 Å². The summed E-state index contributed by atoms with van der Waals surface area (Å²) in [6.07, 6.45) is 3.13. The van der Waals surface area contributed by atoms with E-state index in [2.05, 4.69) is 10.6 Å². The van der Waals surface area contributed by atoms with E-state index in [1.54, 1.807) is 0 Å². The number of unbranched alkanes of at least 4 members (excludes halogenated alkanes) is 3. The van der Waals surface area contributed by atoms with Crippen molar-refractivity contribution in [2.45, 2.75) is 64.4 Å². The van der Waals surface area contributed by atoms with E-state index in [4.69, 9.17) is 14.7 Å². The monoisotopic (exact) mass is 410 g/mol. The van der Waals surface area contributed by atoms with Gasteiger partial charge in [-0.3, -0.25) is 14.2 Å². The van der Waals surface area contributed by atoms with E-state index < -0.39 is 13.7 Å². The van der Waals surface area contributed by atoms with Gasteiger partial charge in [-0.25, -0.2) is 0 Å². The molecule has 27 heavy (non-hydrogen) atoms. The Labute approximate surface area is 161 Å².